The highest BCUT2D eigenvalue weighted by atomic mass is 32.2. The Morgan fingerprint density at radius 3 is 2.65 bits per heavy atom. The zero-order valence-electron chi connectivity index (χ0n) is 14.1. The van der Waals surface area contributed by atoms with Gasteiger partial charge in [-0.25, -0.2) is 13.1 Å². The Morgan fingerprint density at radius 2 is 2.04 bits per heavy atom. The summed E-state index contributed by atoms with van der Waals surface area (Å²) in [5.74, 6) is 0. The number of anilines is 1. The van der Waals surface area contributed by atoms with Gasteiger partial charge >= 0.3 is 0 Å². The highest BCUT2D eigenvalue weighted by Gasteiger charge is 2.15. The van der Waals surface area contributed by atoms with Gasteiger partial charge in [0.2, 0.25) is 10.0 Å². The van der Waals surface area contributed by atoms with E-state index in [4.69, 9.17) is 0 Å². The van der Waals surface area contributed by atoms with Crippen LogP contribution in [0.1, 0.15) is 17.5 Å². The highest BCUT2D eigenvalue weighted by Crippen LogP contribution is 2.22. The van der Waals surface area contributed by atoms with Gasteiger partial charge in [0.05, 0.1) is 11.1 Å². The lowest BCUT2D eigenvalue weighted by atomic mass is 10.2. The molecule has 0 aliphatic heterocycles. The van der Waals surface area contributed by atoms with Crippen LogP contribution >= 0.6 is 0 Å². The SMILES string of the molecule is Cc1ccc(S(=O)(=O)NCCCc2cnn(C)c2)cc1N(C)C. The number of nitrogens with one attached hydrogen (secondary N) is 1. The van der Waals surface area contributed by atoms with Crippen LogP contribution in [-0.4, -0.2) is 38.8 Å². The van der Waals surface area contributed by atoms with Crippen molar-refractivity contribution in [2.75, 3.05) is 25.5 Å². The number of nitrogens with zero attached hydrogens (tertiary/aromatic N) is 3. The molecule has 0 aliphatic rings. The van der Waals surface area contributed by atoms with Gasteiger partial charge in [-0.15, -0.1) is 0 Å². The maximum Gasteiger partial charge on any atom is 0.240 e. The molecule has 0 unspecified atom stereocenters. The van der Waals surface area contributed by atoms with Crippen molar-refractivity contribution >= 4 is 15.7 Å². The number of hydrogen-bond donors (Lipinski definition) is 1. The molecular formula is C16H24N4O2S. The fraction of sp³-hybridized carbons (Fsp3) is 0.438. The molecule has 0 radical (unpaired) electrons. The Balaban J connectivity index is 1.97. The zero-order valence-corrected chi connectivity index (χ0v) is 14.9. The molecule has 126 valence electrons. The minimum Gasteiger partial charge on any atom is -0.377 e. The molecule has 1 heterocycles. The van der Waals surface area contributed by atoms with Crippen LogP contribution in [0.25, 0.3) is 0 Å². The van der Waals surface area contributed by atoms with E-state index >= 15 is 0 Å². The van der Waals surface area contributed by atoms with Gasteiger partial charge in [0.15, 0.2) is 0 Å². The first-order valence-electron chi connectivity index (χ1n) is 7.55. The summed E-state index contributed by atoms with van der Waals surface area (Å²) in [6, 6.07) is 5.18. The Labute approximate surface area is 138 Å². The molecule has 2 aromatic rings. The topological polar surface area (TPSA) is 67.2 Å². The first-order valence-corrected chi connectivity index (χ1v) is 9.03. The van der Waals surface area contributed by atoms with Gasteiger partial charge in [0.25, 0.3) is 0 Å². The Morgan fingerprint density at radius 1 is 1.30 bits per heavy atom. The molecule has 0 saturated carbocycles. The number of sulfonamides is 1. The predicted molar refractivity (Wildman–Crippen MR) is 92.2 cm³/mol. The van der Waals surface area contributed by atoms with Crippen molar-refractivity contribution in [1.29, 1.82) is 0 Å². The summed E-state index contributed by atoms with van der Waals surface area (Å²) in [5, 5.41) is 4.10. The van der Waals surface area contributed by atoms with E-state index in [1.165, 1.54) is 0 Å². The van der Waals surface area contributed by atoms with Gasteiger partial charge in [-0.1, -0.05) is 6.07 Å². The fourth-order valence-electron chi connectivity index (χ4n) is 2.42. The fourth-order valence-corrected chi connectivity index (χ4v) is 3.52. The first kappa shape index (κ1) is 17.5. The van der Waals surface area contributed by atoms with Crippen molar-refractivity contribution in [3.8, 4) is 0 Å². The summed E-state index contributed by atoms with van der Waals surface area (Å²) in [4.78, 5) is 2.21. The van der Waals surface area contributed by atoms with Crippen LogP contribution in [0.5, 0.6) is 0 Å². The molecule has 0 bridgehead atoms. The Hall–Kier alpha value is -1.86. The van der Waals surface area contributed by atoms with Crippen LogP contribution < -0.4 is 9.62 Å². The molecule has 0 spiro atoms. The normalized spacial score (nSPS) is 11.7. The smallest absolute Gasteiger partial charge is 0.240 e. The third-order valence-corrected chi connectivity index (χ3v) is 5.12. The number of benzene rings is 1. The number of aromatic nitrogens is 2. The molecule has 0 aliphatic carbocycles. The molecule has 1 N–H and O–H groups in total. The molecule has 0 atom stereocenters. The van der Waals surface area contributed by atoms with Gasteiger partial charge < -0.3 is 4.90 Å². The van der Waals surface area contributed by atoms with Crippen LogP contribution in [0, 0.1) is 6.92 Å². The van der Waals surface area contributed by atoms with E-state index < -0.39 is 10.0 Å². The largest absolute Gasteiger partial charge is 0.377 e. The molecule has 2 rings (SSSR count). The minimum absolute atomic E-state index is 0.299. The summed E-state index contributed by atoms with van der Waals surface area (Å²) in [6.45, 7) is 2.37. The van der Waals surface area contributed by atoms with Crippen molar-refractivity contribution in [1.82, 2.24) is 14.5 Å². The van der Waals surface area contributed by atoms with Gasteiger partial charge in [-0.05, 0) is 43.0 Å². The van der Waals surface area contributed by atoms with E-state index in [0.717, 1.165) is 29.7 Å². The number of hydrogen-bond acceptors (Lipinski definition) is 4. The van der Waals surface area contributed by atoms with Crippen LogP contribution in [0.3, 0.4) is 0 Å². The summed E-state index contributed by atoms with van der Waals surface area (Å²) in [5.41, 5.74) is 3.06. The second kappa shape index (κ2) is 7.14. The third-order valence-electron chi connectivity index (χ3n) is 3.67. The molecule has 23 heavy (non-hydrogen) atoms. The Kier molecular flexibility index (Phi) is 5.43. The second-order valence-electron chi connectivity index (χ2n) is 5.87. The van der Waals surface area contributed by atoms with E-state index in [-0.39, 0.29) is 0 Å². The number of aryl methyl sites for hydroxylation is 3. The molecule has 1 aromatic carbocycles. The van der Waals surface area contributed by atoms with Crippen molar-refractivity contribution in [2.24, 2.45) is 7.05 Å². The van der Waals surface area contributed by atoms with Crippen LogP contribution in [-0.2, 0) is 23.5 Å². The van der Waals surface area contributed by atoms with E-state index in [9.17, 15) is 8.42 Å². The average molecular weight is 336 g/mol. The molecule has 1 aromatic heterocycles. The first-order chi connectivity index (χ1) is 10.8. The monoisotopic (exact) mass is 336 g/mol. The lowest BCUT2D eigenvalue weighted by Crippen LogP contribution is -2.25. The van der Waals surface area contributed by atoms with E-state index in [2.05, 4.69) is 9.82 Å². The van der Waals surface area contributed by atoms with Crippen molar-refractivity contribution in [3.05, 3.63) is 41.7 Å². The molecule has 0 saturated heterocycles. The maximum atomic E-state index is 12.4. The summed E-state index contributed by atoms with van der Waals surface area (Å²) in [7, 11) is 2.19. The zero-order chi connectivity index (χ0) is 17.0. The summed E-state index contributed by atoms with van der Waals surface area (Å²) < 4.78 is 29.2. The van der Waals surface area contributed by atoms with E-state index in [1.807, 2.05) is 45.2 Å². The quantitative estimate of drug-likeness (QED) is 0.782. The lowest BCUT2D eigenvalue weighted by molar-refractivity contribution is 0.579. The molecule has 0 fully saturated rings. The van der Waals surface area contributed by atoms with Crippen LogP contribution in [0.15, 0.2) is 35.5 Å². The lowest BCUT2D eigenvalue weighted by Gasteiger charge is -2.17. The van der Waals surface area contributed by atoms with Crippen LogP contribution in [0.2, 0.25) is 0 Å². The average Bonchev–Trinajstić information content (AvgIpc) is 2.89. The van der Waals surface area contributed by atoms with Gasteiger partial charge in [-0.2, -0.15) is 5.10 Å². The van der Waals surface area contributed by atoms with Crippen molar-refractivity contribution in [3.63, 3.8) is 0 Å². The van der Waals surface area contributed by atoms with E-state index in [0.29, 0.717) is 11.4 Å². The molecular weight excluding hydrogens is 312 g/mol. The minimum atomic E-state index is -3.48. The number of rotatable bonds is 7. The summed E-state index contributed by atoms with van der Waals surface area (Å²) >= 11 is 0. The maximum absolute atomic E-state index is 12.4. The van der Waals surface area contributed by atoms with Crippen molar-refractivity contribution < 1.29 is 8.42 Å². The third kappa shape index (κ3) is 4.56. The second-order valence-corrected chi connectivity index (χ2v) is 7.63. The predicted octanol–water partition coefficient (Wildman–Crippen LogP) is 1.71. The Bertz CT molecular complexity index is 766. The summed E-state index contributed by atoms with van der Waals surface area (Å²) in [6.07, 6.45) is 5.28. The van der Waals surface area contributed by atoms with Gasteiger partial charge in [-0.3, -0.25) is 4.68 Å². The molecule has 7 heteroatoms. The molecule has 0 amide bonds. The van der Waals surface area contributed by atoms with Gasteiger partial charge in [0, 0.05) is 39.6 Å². The van der Waals surface area contributed by atoms with Crippen molar-refractivity contribution in [2.45, 2.75) is 24.7 Å². The van der Waals surface area contributed by atoms with Crippen LogP contribution in [0.4, 0.5) is 5.69 Å². The standard InChI is InChI=1S/C16H24N4O2S/c1-13-7-8-15(10-16(13)19(2)3)23(21,22)18-9-5-6-14-11-17-20(4)12-14/h7-8,10-12,18H,5-6,9H2,1-4H3. The molecule has 6 nitrogen and oxygen atoms in total. The highest BCUT2D eigenvalue weighted by molar-refractivity contribution is 7.89. The van der Waals surface area contributed by atoms with E-state index in [1.54, 1.807) is 23.0 Å². The van der Waals surface area contributed by atoms with Gasteiger partial charge in [0.1, 0.15) is 0 Å².